The number of carbonyl (C=O) groups excluding carboxylic acids is 2. The van der Waals surface area contributed by atoms with Gasteiger partial charge in [-0.2, -0.15) is 0 Å². The second-order valence-electron chi connectivity index (χ2n) is 13.4. The van der Waals surface area contributed by atoms with Crippen LogP contribution in [0.4, 0.5) is 5.82 Å². The lowest BCUT2D eigenvalue weighted by atomic mass is 10.0. The van der Waals surface area contributed by atoms with E-state index >= 15 is 0 Å². The lowest BCUT2D eigenvalue weighted by Gasteiger charge is -2.27. The van der Waals surface area contributed by atoms with Gasteiger partial charge in [0.25, 0.3) is 5.91 Å². The summed E-state index contributed by atoms with van der Waals surface area (Å²) in [4.78, 5) is 42.2. The first kappa shape index (κ1) is 29.6. The fourth-order valence-corrected chi connectivity index (χ4v) is 7.74. The molecule has 11 heteroatoms. The molecule has 2 aliphatic carbocycles. The summed E-state index contributed by atoms with van der Waals surface area (Å²) < 4.78 is 10.2. The molecule has 5 aromatic rings. The first-order valence-corrected chi connectivity index (χ1v) is 16.6. The third-order valence-corrected chi connectivity index (χ3v) is 10.4. The number of carbonyl (C=O) groups is 2. The molecule has 47 heavy (non-hydrogen) atoms. The molecule has 1 aliphatic heterocycles. The number of likely N-dealkylation sites (tertiary alicyclic amines) is 1. The number of pyridine rings is 2. The Hall–Kier alpha value is -4.77. The van der Waals surface area contributed by atoms with E-state index in [9.17, 15) is 9.59 Å². The summed E-state index contributed by atoms with van der Waals surface area (Å²) in [5.74, 6) is 2.77. The van der Waals surface area contributed by atoms with Crippen LogP contribution in [0.3, 0.4) is 0 Å². The van der Waals surface area contributed by atoms with E-state index < -0.39 is 0 Å². The average Bonchev–Trinajstić information content (AvgIpc) is 3.47. The highest BCUT2D eigenvalue weighted by atomic mass is 16.5. The third kappa shape index (κ3) is 4.95. The van der Waals surface area contributed by atoms with E-state index in [1.807, 2.05) is 36.2 Å². The number of benzene rings is 1. The highest BCUT2D eigenvalue weighted by Crippen LogP contribution is 2.40. The van der Waals surface area contributed by atoms with E-state index in [4.69, 9.17) is 20.4 Å². The molecule has 3 N–H and O–H groups in total. The number of amides is 2. The van der Waals surface area contributed by atoms with Gasteiger partial charge in [-0.1, -0.05) is 6.92 Å². The molecule has 3 atom stereocenters. The Labute approximate surface area is 273 Å². The summed E-state index contributed by atoms with van der Waals surface area (Å²) in [6.07, 6.45) is 7.01. The van der Waals surface area contributed by atoms with E-state index in [0.29, 0.717) is 41.0 Å². The van der Waals surface area contributed by atoms with Crippen molar-refractivity contribution >= 4 is 39.7 Å². The van der Waals surface area contributed by atoms with E-state index in [-0.39, 0.29) is 23.9 Å². The van der Waals surface area contributed by atoms with Crippen LogP contribution in [0, 0.1) is 11.8 Å². The van der Waals surface area contributed by atoms with Crippen molar-refractivity contribution in [2.24, 2.45) is 24.6 Å². The van der Waals surface area contributed by atoms with Gasteiger partial charge in [0.05, 0.1) is 24.0 Å². The van der Waals surface area contributed by atoms with Gasteiger partial charge in [0.2, 0.25) is 5.91 Å². The lowest BCUT2D eigenvalue weighted by Crippen LogP contribution is -2.41. The predicted octanol–water partition coefficient (Wildman–Crippen LogP) is 5.15. The second-order valence-corrected chi connectivity index (χ2v) is 13.4. The highest BCUT2D eigenvalue weighted by Gasteiger charge is 2.47. The summed E-state index contributed by atoms with van der Waals surface area (Å²) in [6.45, 7) is 5.13. The normalized spacial score (nSPS) is 20.4. The summed E-state index contributed by atoms with van der Waals surface area (Å²) in [5, 5.41) is 3.81. The number of rotatable bonds is 8. The van der Waals surface area contributed by atoms with Gasteiger partial charge in [-0.05, 0) is 85.9 Å². The Morgan fingerprint density at radius 1 is 1.09 bits per heavy atom. The van der Waals surface area contributed by atoms with Crippen molar-refractivity contribution in [3.8, 4) is 28.5 Å². The minimum Gasteiger partial charge on any atom is -0.494 e. The molecule has 3 aliphatic rings. The quantitative estimate of drug-likeness (QED) is 0.242. The minimum atomic E-state index is -0.150. The maximum absolute atomic E-state index is 13.8. The zero-order valence-corrected chi connectivity index (χ0v) is 27.3. The number of aryl methyl sites for hydroxylation is 2. The molecular weight excluding hydrogens is 592 g/mol. The summed E-state index contributed by atoms with van der Waals surface area (Å²) in [7, 11) is 3.64. The molecule has 11 nitrogen and oxygen atoms in total. The van der Waals surface area contributed by atoms with Gasteiger partial charge in [0.1, 0.15) is 22.7 Å². The standard InChI is InChI=1S/C36H40N8O3/c1-5-21-15-31(39-19(2)45)38-16-25(21)26-10-8-22-13-29(43(34(22)40-26)17-20-6-7-20)35-41-27-12-24(14-30(47-4)33(27)42(35)3)36(46)44-18-23-9-11-28(44)32(23)37/h8,10,12-16,20,23,28,32H,5-7,9,11,17-18,37H2,1-4H3,(H,38,39,45)/t23?,28?,32-/m1/s1. The van der Waals surface area contributed by atoms with Crippen LogP contribution < -0.4 is 15.8 Å². The molecule has 0 radical (unpaired) electrons. The van der Waals surface area contributed by atoms with Crippen LogP contribution in [0.15, 0.2) is 42.6 Å². The largest absolute Gasteiger partial charge is 0.494 e. The molecule has 1 aromatic carbocycles. The molecule has 242 valence electrons. The third-order valence-electron chi connectivity index (χ3n) is 10.4. The number of nitrogens with zero attached hydrogens (tertiary/aromatic N) is 6. The fraction of sp³-hybridized carbons (Fsp3) is 0.417. The van der Waals surface area contributed by atoms with E-state index in [0.717, 1.165) is 70.7 Å². The number of ether oxygens (including phenoxy) is 1. The van der Waals surface area contributed by atoms with Crippen LogP contribution in [-0.2, 0) is 24.8 Å². The van der Waals surface area contributed by atoms with Crippen LogP contribution >= 0.6 is 0 Å². The topological polar surface area (TPSA) is 133 Å². The fourth-order valence-electron chi connectivity index (χ4n) is 7.74. The molecule has 8 rings (SSSR count). The van der Waals surface area contributed by atoms with Crippen molar-refractivity contribution in [3.05, 3.63) is 53.7 Å². The number of hydrogen-bond acceptors (Lipinski definition) is 7. The van der Waals surface area contributed by atoms with Crippen molar-refractivity contribution < 1.29 is 14.3 Å². The van der Waals surface area contributed by atoms with Gasteiger partial charge in [-0.3, -0.25) is 9.59 Å². The van der Waals surface area contributed by atoms with Crippen molar-refractivity contribution in [1.29, 1.82) is 0 Å². The summed E-state index contributed by atoms with van der Waals surface area (Å²) in [6, 6.07) is 12.1. The maximum Gasteiger partial charge on any atom is 0.254 e. The van der Waals surface area contributed by atoms with Crippen LogP contribution in [0.5, 0.6) is 5.75 Å². The summed E-state index contributed by atoms with van der Waals surface area (Å²) in [5.41, 5.74) is 13.3. The Morgan fingerprint density at radius 3 is 2.60 bits per heavy atom. The summed E-state index contributed by atoms with van der Waals surface area (Å²) >= 11 is 0. The number of hydrogen-bond donors (Lipinski definition) is 2. The van der Waals surface area contributed by atoms with Gasteiger partial charge >= 0.3 is 0 Å². The molecule has 2 bridgehead atoms. The van der Waals surface area contributed by atoms with Crippen LogP contribution in [0.25, 0.3) is 44.8 Å². The zero-order chi connectivity index (χ0) is 32.6. The molecule has 2 unspecified atom stereocenters. The number of methoxy groups -OCH3 is 1. The Bertz CT molecular complexity index is 2080. The SMILES string of the molecule is CCc1cc(NC(C)=O)ncc1-c1ccc2cc(-c3nc4cc(C(=O)N5CC6CCC5[C@@H]6N)cc(OC)c4n3C)n(CC3CC3)c2n1. The number of anilines is 1. The number of nitrogens with two attached hydrogens (primary N) is 1. The molecule has 4 aromatic heterocycles. The highest BCUT2D eigenvalue weighted by molar-refractivity contribution is 6.00. The number of nitrogens with one attached hydrogen (secondary N) is 1. The molecule has 2 saturated carbocycles. The molecule has 1 saturated heterocycles. The molecule has 5 heterocycles. The first-order valence-electron chi connectivity index (χ1n) is 16.6. The second kappa shape index (κ2) is 11.2. The Balaban J connectivity index is 1.22. The van der Waals surface area contributed by atoms with Crippen molar-refractivity contribution in [3.63, 3.8) is 0 Å². The van der Waals surface area contributed by atoms with Gasteiger partial charge in [0.15, 0.2) is 5.82 Å². The Morgan fingerprint density at radius 2 is 1.91 bits per heavy atom. The van der Waals surface area contributed by atoms with Crippen molar-refractivity contribution in [2.75, 3.05) is 19.0 Å². The monoisotopic (exact) mass is 632 g/mol. The van der Waals surface area contributed by atoms with Crippen LogP contribution in [0.1, 0.15) is 55.5 Å². The first-order chi connectivity index (χ1) is 22.7. The number of aromatic nitrogens is 5. The van der Waals surface area contributed by atoms with Gasteiger partial charge in [-0.15, -0.1) is 0 Å². The predicted molar refractivity (Wildman–Crippen MR) is 181 cm³/mol. The zero-order valence-electron chi connectivity index (χ0n) is 27.3. The number of piperidine rings is 1. The number of fused-ring (bicyclic) bond motifs is 4. The smallest absolute Gasteiger partial charge is 0.254 e. The van der Waals surface area contributed by atoms with Crippen LogP contribution in [0.2, 0.25) is 0 Å². The molecular formula is C36H40N8O3. The minimum absolute atomic E-state index is 0.00863. The Kier molecular flexibility index (Phi) is 7.05. The van der Waals surface area contributed by atoms with Crippen molar-refractivity contribution in [1.82, 2.24) is 29.0 Å². The van der Waals surface area contributed by atoms with Crippen LogP contribution in [-0.4, -0.2) is 66.5 Å². The van der Waals surface area contributed by atoms with E-state index in [1.54, 1.807) is 13.3 Å². The average molecular weight is 633 g/mol. The lowest BCUT2D eigenvalue weighted by molar-refractivity contribution is -0.114. The van der Waals surface area contributed by atoms with Crippen molar-refractivity contribution in [2.45, 2.75) is 64.6 Å². The van der Waals surface area contributed by atoms with E-state index in [1.165, 1.54) is 19.8 Å². The molecule has 2 amide bonds. The molecule has 0 spiro atoms. The molecule has 3 fully saturated rings. The number of imidazole rings is 1. The van der Waals surface area contributed by atoms with Gasteiger partial charge in [0, 0.05) is 61.9 Å². The van der Waals surface area contributed by atoms with Gasteiger partial charge in [-0.25, -0.2) is 15.0 Å². The van der Waals surface area contributed by atoms with Gasteiger partial charge < -0.3 is 29.8 Å². The van der Waals surface area contributed by atoms with E-state index in [2.05, 4.69) is 38.5 Å². The maximum atomic E-state index is 13.8.